The van der Waals surface area contributed by atoms with E-state index in [-0.39, 0.29) is 5.56 Å². The van der Waals surface area contributed by atoms with Gasteiger partial charge in [-0.2, -0.15) is 10.2 Å². The van der Waals surface area contributed by atoms with Crippen molar-refractivity contribution in [2.24, 2.45) is 10.2 Å². The van der Waals surface area contributed by atoms with Crippen LogP contribution >= 0.6 is 0 Å². The summed E-state index contributed by atoms with van der Waals surface area (Å²) < 4.78 is 0. The molecule has 0 heterocycles. The highest BCUT2D eigenvalue weighted by Gasteiger charge is 2.19. The monoisotopic (exact) mass is 391 g/mol. The maximum absolute atomic E-state index is 12.4. The molecule has 0 aliphatic carbocycles. The summed E-state index contributed by atoms with van der Waals surface area (Å²) in [6.07, 6.45) is 0. The van der Waals surface area contributed by atoms with Crippen LogP contribution in [-0.2, 0) is 0 Å². The van der Waals surface area contributed by atoms with Crippen LogP contribution in [-0.4, -0.2) is 15.8 Å². The molecule has 10 nitrogen and oxygen atoms in total. The Morgan fingerprint density at radius 1 is 0.759 bits per heavy atom. The van der Waals surface area contributed by atoms with Crippen molar-refractivity contribution in [1.29, 1.82) is 0 Å². The van der Waals surface area contributed by atoms with Gasteiger partial charge in [0, 0.05) is 17.8 Å². The summed E-state index contributed by atoms with van der Waals surface area (Å²) in [5, 5.41) is 32.6. The van der Waals surface area contributed by atoms with Crippen LogP contribution < -0.4 is 5.32 Å². The first-order chi connectivity index (χ1) is 13.9. The number of nitrogens with zero attached hydrogens (tertiary/aromatic N) is 4. The van der Waals surface area contributed by atoms with Gasteiger partial charge in [0.15, 0.2) is 0 Å². The second-order valence-electron chi connectivity index (χ2n) is 5.79. The average Bonchev–Trinajstić information content (AvgIpc) is 2.73. The van der Waals surface area contributed by atoms with Gasteiger partial charge in [0.05, 0.1) is 32.9 Å². The van der Waals surface area contributed by atoms with Crippen LogP contribution in [0.5, 0.6) is 0 Å². The number of amides is 1. The summed E-state index contributed by atoms with van der Waals surface area (Å²) in [5.41, 5.74) is 0.360. The van der Waals surface area contributed by atoms with Crippen LogP contribution in [0, 0.1) is 20.2 Å². The maximum Gasteiger partial charge on any atom is 0.277 e. The lowest BCUT2D eigenvalue weighted by Crippen LogP contribution is -2.12. The van der Waals surface area contributed by atoms with Crippen molar-refractivity contribution in [3.05, 3.63) is 98.6 Å². The number of benzene rings is 3. The number of rotatable bonds is 6. The highest BCUT2D eigenvalue weighted by Crippen LogP contribution is 2.24. The fourth-order valence-corrected chi connectivity index (χ4v) is 2.36. The molecule has 144 valence electrons. The summed E-state index contributed by atoms with van der Waals surface area (Å²) in [6.45, 7) is 0. The molecule has 0 radical (unpaired) electrons. The molecule has 3 rings (SSSR count). The number of nitro groups is 2. The molecule has 0 unspecified atom stereocenters. The molecule has 0 aliphatic heterocycles. The van der Waals surface area contributed by atoms with E-state index in [2.05, 4.69) is 15.5 Å². The van der Waals surface area contributed by atoms with E-state index in [1.165, 1.54) is 0 Å². The lowest BCUT2D eigenvalue weighted by molar-refractivity contribution is -0.394. The molecule has 0 atom stereocenters. The first-order valence-corrected chi connectivity index (χ1v) is 8.24. The van der Waals surface area contributed by atoms with Crippen LogP contribution in [0.1, 0.15) is 10.4 Å². The van der Waals surface area contributed by atoms with Crippen LogP contribution in [0.3, 0.4) is 0 Å². The number of nitro benzene ring substituents is 2. The molecule has 0 bridgehead atoms. The fourth-order valence-electron chi connectivity index (χ4n) is 2.36. The summed E-state index contributed by atoms with van der Waals surface area (Å²) in [4.78, 5) is 32.7. The van der Waals surface area contributed by atoms with Crippen LogP contribution in [0.4, 0.5) is 28.4 Å². The van der Waals surface area contributed by atoms with Gasteiger partial charge in [0.2, 0.25) is 0 Å². The quantitative estimate of drug-likeness (QED) is 0.350. The number of anilines is 1. The number of azo groups is 1. The zero-order valence-electron chi connectivity index (χ0n) is 14.8. The van der Waals surface area contributed by atoms with E-state index in [1.807, 2.05) is 18.2 Å². The average molecular weight is 391 g/mol. The van der Waals surface area contributed by atoms with Crippen molar-refractivity contribution in [2.75, 3.05) is 5.32 Å². The lowest BCUT2D eigenvalue weighted by atomic mass is 10.1. The highest BCUT2D eigenvalue weighted by molar-refractivity contribution is 6.05. The van der Waals surface area contributed by atoms with Crippen LogP contribution in [0.2, 0.25) is 0 Å². The third kappa shape index (κ3) is 5.04. The Morgan fingerprint density at radius 3 is 1.79 bits per heavy atom. The summed E-state index contributed by atoms with van der Waals surface area (Å²) in [5.74, 6) is -0.713. The van der Waals surface area contributed by atoms with Gasteiger partial charge in [-0.1, -0.05) is 18.2 Å². The Hall–Kier alpha value is -4.47. The number of hydrogen-bond donors (Lipinski definition) is 1. The van der Waals surface area contributed by atoms with Gasteiger partial charge in [-0.05, 0) is 36.4 Å². The lowest BCUT2D eigenvalue weighted by Gasteiger charge is -2.05. The Kier molecular flexibility index (Phi) is 5.64. The van der Waals surface area contributed by atoms with Gasteiger partial charge in [-0.25, -0.2) is 0 Å². The second-order valence-corrected chi connectivity index (χ2v) is 5.79. The smallest absolute Gasteiger partial charge is 0.277 e. The standard InChI is InChI=1S/C19H13N5O5/c25-19(13-10-17(23(26)27)12-18(11-13)24(28)29)20-14-6-8-16(9-7-14)22-21-15-4-2-1-3-5-15/h1-12H,(H,20,25). The van der Waals surface area contributed by atoms with Crippen molar-refractivity contribution in [1.82, 2.24) is 0 Å². The Morgan fingerprint density at radius 2 is 1.28 bits per heavy atom. The van der Waals surface area contributed by atoms with E-state index >= 15 is 0 Å². The predicted octanol–water partition coefficient (Wildman–Crippen LogP) is 5.17. The van der Waals surface area contributed by atoms with E-state index in [9.17, 15) is 25.0 Å². The molecule has 3 aromatic rings. The third-order valence-corrected chi connectivity index (χ3v) is 3.75. The first kappa shape index (κ1) is 19.3. The van der Waals surface area contributed by atoms with E-state index < -0.39 is 27.1 Å². The van der Waals surface area contributed by atoms with Gasteiger partial charge < -0.3 is 5.32 Å². The molecule has 0 spiro atoms. The second kappa shape index (κ2) is 8.48. The number of non-ortho nitro benzene ring substituents is 2. The molecular weight excluding hydrogens is 378 g/mol. The third-order valence-electron chi connectivity index (χ3n) is 3.75. The van der Waals surface area contributed by atoms with Crippen LogP contribution in [0.25, 0.3) is 0 Å². The number of nitrogens with one attached hydrogen (secondary N) is 1. The van der Waals surface area contributed by atoms with Crippen molar-refractivity contribution in [2.45, 2.75) is 0 Å². The summed E-state index contributed by atoms with van der Waals surface area (Å²) >= 11 is 0. The molecule has 0 fully saturated rings. The predicted molar refractivity (Wildman–Crippen MR) is 105 cm³/mol. The molecule has 29 heavy (non-hydrogen) atoms. The number of carbonyl (C=O) groups excluding carboxylic acids is 1. The SMILES string of the molecule is O=C(Nc1ccc(N=Nc2ccccc2)cc1)c1cc([N+](=O)[O-])cc([N+](=O)[O-])c1. The van der Waals surface area contributed by atoms with Gasteiger partial charge >= 0.3 is 0 Å². The molecule has 0 saturated carbocycles. The van der Waals surface area contributed by atoms with E-state index in [4.69, 9.17) is 0 Å². The fraction of sp³-hybridized carbons (Fsp3) is 0. The Labute approximate surface area is 163 Å². The largest absolute Gasteiger partial charge is 0.322 e. The number of carbonyl (C=O) groups is 1. The van der Waals surface area contributed by atoms with E-state index in [0.717, 1.165) is 18.2 Å². The molecule has 3 aromatic carbocycles. The zero-order valence-corrected chi connectivity index (χ0v) is 14.8. The van der Waals surface area contributed by atoms with E-state index in [1.54, 1.807) is 36.4 Å². The molecule has 10 heteroatoms. The molecule has 1 N–H and O–H groups in total. The van der Waals surface area contributed by atoms with Gasteiger partial charge in [0.25, 0.3) is 17.3 Å². The van der Waals surface area contributed by atoms with Crippen molar-refractivity contribution in [3.8, 4) is 0 Å². The first-order valence-electron chi connectivity index (χ1n) is 8.24. The summed E-state index contributed by atoms with van der Waals surface area (Å²) in [7, 11) is 0. The Bertz CT molecular complexity index is 1070. The molecule has 0 aliphatic rings. The molecule has 1 amide bonds. The van der Waals surface area contributed by atoms with Crippen molar-refractivity contribution < 1.29 is 14.6 Å². The minimum atomic E-state index is -0.795. The topological polar surface area (TPSA) is 140 Å². The van der Waals surface area contributed by atoms with Gasteiger partial charge in [0.1, 0.15) is 0 Å². The van der Waals surface area contributed by atoms with Gasteiger partial charge in [-0.15, -0.1) is 0 Å². The molecular formula is C19H13N5O5. The van der Waals surface area contributed by atoms with Crippen molar-refractivity contribution in [3.63, 3.8) is 0 Å². The zero-order chi connectivity index (χ0) is 20.8. The number of hydrogen-bond acceptors (Lipinski definition) is 7. The van der Waals surface area contributed by atoms with Crippen LogP contribution in [0.15, 0.2) is 83.0 Å². The highest BCUT2D eigenvalue weighted by atomic mass is 16.6. The summed E-state index contributed by atoms with van der Waals surface area (Å²) in [6, 6.07) is 18.3. The normalized spacial score (nSPS) is 10.6. The molecule has 0 aromatic heterocycles. The maximum atomic E-state index is 12.4. The van der Waals surface area contributed by atoms with Gasteiger partial charge in [-0.3, -0.25) is 25.0 Å². The molecule has 0 saturated heterocycles. The Balaban J connectivity index is 1.75. The van der Waals surface area contributed by atoms with E-state index in [0.29, 0.717) is 17.1 Å². The van der Waals surface area contributed by atoms with Crippen molar-refractivity contribution >= 4 is 34.3 Å². The minimum absolute atomic E-state index is 0.196. The minimum Gasteiger partial charge on any atom is -0.322 e.